The van der Waals surface area contributed by atoms with E-state index in [-0.39, 0.29) is 23.7 Å². The maximum atomic E-state index is 12.8. The first-order valence-corrected chi connectivity index (χ1v) is 7.54. The molecule has 1 aromatic rings. The standard InChI is InChI=1S/C16H21FN2O3/c1-2-22-16(21)19-9-7-13(8-10-19)15(20)18-11-12-3-5-14(17)6-4-12/h3-6,13H,2,7-11H2,1H3,(H,18,20). The van der Waals surface area contributed by atoms with E-state index in [1.165, 1.54) is 12.1 Å². The molecule has 1 heterocycles. The first-order chi connectivity index (χ1) is 10.6. The molecule has 1 aliphatic rings. The van der Waals surface area contributed by atoms with Gasteiger partial charge in [-0.25, -0.2) is 9.18 Å². The lowest BCUT2D eigenvalue weighted by Gasteiger charge is -2.30. The lowest BCUT2D eigenvalue weighted by molar-refractivity contribution is -0.126. The molecule has 0 aliphatic carbocycles. The third-order valence-corrected chi connectivity index (χ3v) is 3.77. The highest BCUT2D eigenvalue weighted by atomic mass is 19.1. The molecular weight excluding hydrogens is 287 g/mol. The Kier molecular flexibility index (Phi) is 5.75. The van der Waals surface area contributed by atoms with Crippen LogP contribution in [0.2, 0.25) is 0 Å². The van der Waals surface area contributed by atoms with Crippen LogP contribution in [0.3, 0.4) is 0 Å². The van der Waals surface area contributed by atoms with Crippen LogP contribution in [0.1, 0.15) is 25.3 Å². The van der Waals surface area contributed by atoms with Crippen molar-refractivity contribution in [1.82, 2.24) is 10.2 Å². The molecule has 2 rings (SSSR count). The fourth-order valence-corrected chi connectivity index (χ4v) is 2.47. The van der Waals surface area contributed by atoms with E-state index in [2.05, 4.69) is 5.32 Å². The molecule has 0 unspecified atom stereocenters. The molecule has 0 bridgehead atoms. The quantitative estimate of drug-likeness (QED) is 0.928. The lowest BCUT2D eigenvalue weighted by Crippen LogP contribution is -2.43. The minimum Gasteiger partial charge on any atom is -0.450 e. The molecular formula is C16H21FN2O3. The van der Waals surface area contributed by atoms with E-state index in [0.717, 1.165) is 5.56 Å². The third kappa shape index (κ3) is 4.44. The molecule has 6 heteroatoms. The third-order valence-electron chi connectivity index (χ3n) is 3.77. The average Bonchev–Trinajstić information content (AvgIpc) is 2.54. The Hall–Kier alpha value is -2.11. The smallest absolute Gasteiger partial charge is 0.409 e. The van der Waals surface area contributed by atoms with Crippen molar-refractivity contribution in [3.05, 3.63) is 35.6 Å². The fraction of sp³-hybridized carbons (Fsp3) is 0.500. The van der Waals surface area contributed by atoms with Crippen LogP contribution in [0.15, 0.2) is 24.3 Å². The monoisotopic (exact) mass is 308 g/mol. The number of rotatable bonds is 4. The summed E-state index contributed by atoms with van der Waals surface area (Å²) in [6.45, 7) is 3.59. The van der Waals surface area contributed by atoms with Crippen molar-refractivity contribution in [2.24, 2.45) is 5.92 Å². The largest absolute Gasteiger partial charge is 0.450 e. The van der Waals surface area contributed by atoms with E-state index in [1.54, 1.807) is 24.0 Å². The maximum absolute atomic E-state index is 12.8. The van der Waals surface area contributed by atoms with Gasteiger partial charge in [0.1, 0.15) is 5.82 Å². The van der Waals surface area contributed by atoms with Gasteiger partial charge in [0.25, 0.3) is 0 Å². The van der Waals surface area contributed by atoms with Crippen molar-refractivity contribution in [1.29, 1.82) is 0 Å². The minimum absolute atomic E-state index is 0.0205. The zero-order valence-corrected chi connectivity index (χ0v) is 12.7. The van der Waals surface area contributed by atoms with Gasteiger partial charge >= 0.3 is 6.09 Å². The van der Waals surface area contributed by atoms with Gasteiger partial charge in [0, 0.05) is 25.6 Å². The van der Waals surface area contributed by atoms with Crippen molar-refractivity contribution in [3.63, 3.8) is 0 Å². The second-order valence-electron chi connectivity index (χ2n) is 5.30. The van der Waals surface area contributed by atoms with Crippen molar-refractivity contribution < 1.29 is 18.7 Å². The number of nitrogens with one attached hydrogen (secondary N) is 1. The van der Waals surface area contributed by atoms with Crippen LogP contribution in [0.4, 0.5) is 9.18 Å². The molecule has 1 aliphatic heterocycles. The fourth-order valence-electron chi connectivity index (χ4n) is 2.47. The highest BCUT2D eigenvalue weighted by Gasteiger charge is 2.27. The van der Waals surface area contributed by atoms with Gasteiger partial charge < -0.3 is 15.0 Å². The first kappa shape index (κ1) is 16.3. The Morgan fingerprint density at radius 1 is 1.27 bits per heavy atom. The Morgan fingerprint density at radius 2 is 1.91 bits per heavy atom. The number of hydrogen-bond acceptors (Lipinski definition) is 3. The Morgan fingerprint density at radius 3 is 2.50 bits per heavy atom. The maximum Gasteiger partial charge on any atom is 0.409 e. The number of piperidine rings is 1. The molecule has 1 fully saturated rings. The number of carbonyl (C=O) groups is 2. The molecule has 0 aromatic heterocycles. The minimum atomic E-state index is -0.312. The van der Waals surface area contributed by atoms with Gasteiger partial charge in [-0.2, -0.15) is 0 Å². The van der Waals surface area contributed by atoms with Gasteiger partial charge in [0.15, 0.2) is 0 Å². The number of benzene rings is 1. The normalized spacial score (nSPS) is 15.5. The molecule has 5 nitrogen and oxygen atoms in total. The van der Waals surface area contributed by atoms with Crippen LogP contribution in [0, 0.1) is 11.7 Å². The molecule has 0 atom stereocenters. The number of hydrogen-bond donors (Lipinski definition) is 1. The Labute approximate surface area is 129 Å². The van der Waals surface area contributed by atoms with E-state index >= 15 is 0 Å². The molecule has 0 saturated carbocycles. The number of nitrogens with zero attached hydrogens (tertiary/aromatic N) is 1. The molecule has 1 aromatic carbocycles. The van der Waals surface area contributed by atoms with Gasteiger partial charge in [0.05, 0.1) is 6.61 Å². The summed E-state index contributed by atoms with van der Waals surface area (Å²) in [5.74, 6) is -0.402. The van der Waals surface area contributed by atoms with Crippen LogP contribution in [0.25, 0.3) is 0 Å². The molecule has 1 N–H and O–H groups in total. The van der Waals surface area contributed by atoms with Gasteiger partial charge in [0.2, 0.25) is 5.91 Å². The number of carbonyl (C=O) groups excluding carboxylic acids is 2. The van der Waals surface area contributed by atoms with Gasteiger partial charge in [-0.3, -0.25) is 4.79 Å². The highest BCUT2D eigenvalue weighted by molar-refractivity contribution is 5.79. The molecule has 0 radical (unpaired) electrons. The van der Waals surface area contributed by atoms with E-state index in [0.29, 0.717) is 39.1 Å². The summed E-state index contributed by atoms with van der Waals surface area (Å²) in [7, 11) is 0. The van der Waals surface area contributed by atoms with Crippen molar-refractivity contribution in [2.75, 3.05) is 19.7 Å². The summed E-state index contributed by atoms with van der Waals surface area (Å²) in [6.07, 6.45) is 0.954. The lowest BCUT2D eigenvalue weighted by atomic mass is 9.96. The van der Waals surface area contributed by atoms with E-state index in [1.807, 2.05) is 0 Å². The summed E-state index contributed by atoms with van der Waals surface area (Å²) < 4.78 is 17.8. The van der Waals surface area contributed by atoms with Crippen molar-refractivity contribution in [2.45, 2.75) is 26.3 Å². The molecule has 120 valence electrons. The zero-order valence-electron chi connectivity index (χ0n) is 12.7. The summed E-state index contributed by atoms with van der Waals surface area (Å²) >= 11 is 0. The van der Waals surface area contributed by atoms with Crippen LogP contribution in [-0.4, -0.2) is 36.6 Å². The molecule has 22 heavy (non-hydrogen) atoms. The summed E-state index contributed by atoms with van der Waals surface area (Å²) in [4.78, 5) is 25.3. The number of ether oxygens (including phenoxy) is 1. The number of halogens is 1. The van der Waals surface area contributed by atoms with Gasteiger partial charge in [-0.05, 0) is 37.5 Å². The summed E-state index contributed by atoms with van der Waals surface area (Å²) in [5, 5.41) is 2.86. The van der Waals surface area contributed by atoms with Crippen molar-refractivity contribution in [3.8, 4) is 0 Å². The first-order valence-electron chi connectivity index (χ1n) is 7.54. The summed E-state index contributed by atoms with van der Waals surface area (Å²) in [6, 6.07) is 6.05. The van der Waals surface area contributed by atoms with Gasteiger partial charge in [-0.1, -0.05) is 12.1 Å². The second-order valence-corrected chi connectivity index (χ2v) is 5.30. The van der Waals surface area contributed by atoms with Crippen LogP contribution in [0.5, 0.6) is 0 Å². The highest BCUT2D eigenvalue weighted by Crippen LogP contribution is 2.18. The van der Waals surface area contributed by atoms with E-state index in [4.69, 9.17) is 4.74 Å². The van der Waals surface area contributed by atoms with Crippen LogP contribution >= 0.6 is 0 Å². The molecule has 1 saturated heterocycles. The number of likely N-dealkylation sites (tertiary alicyclic amines) is 1. The zero-order chi connectivity index (χ0) is 15.9. The Bertz CT molecular complexity index is 511. The predicted molar refractivity (Wildman–Crippen MR) is 79.6 cm³/mol. The Balaban J connectivity index is 1.75. The SMILES string of the molecule is CCOC(=O)N1CCC(C(=O)NCc2ccc(F)cc2)CC1. The van der Waals surface area contributed by atoms with Crippen LogP contribution in [-0.2, 0) is 16.1 Å². The van der Waals surface area contributed by atoms with E-state index < -0.39 is 0 Å². The second kappa shape index (κ2) is 7.77. The molecule has 0 spiro atoms. The van der Waals surface area contributed by atoms with Crippen molar-refractivity contribution >= 4 is 12.0 Å². The topological polar surface area (TPSA) is 58.6 Å². The van der Waals surface area contributed by atoms with Gasteiger partial charge in [-0.15, -0.1) is 0 Å². The van der Waals surface area contributed by atoms with E-state index in [9.17, 15) is 14.0 Å². The average molecular weight is 308 g/mol. The van der Waals surface area contributed by atoms with Crippen LogP contribution < -0.4 is 5.32 Å². The summed E-state index contributed by atoms with van der Waals surface area (Å²) in [5.41, 5.74) is 0.860. The number of amides is 2. The molecule has 2 amide bonds. The predicted octanol–water partition coefficient (Wildman–Crippen LogP) is 2.31.